The summed E-state index contributed by atoms with van der Waals surface area (Å²) in [4.78, 5) is 17.3. The van der Waals surface area contributed by atoms with Gasteiger partial charge in [0.15, 0.2) is 23.3 Å². The number of para-hydroxylation sites is 2. The molecule has 5 aromatic rings. The standard InChI is InChI=1S/C34H31N7/c1-3-4-12-24-18-20-26(21-19-24)36-32-34-38-33-30(23(2)39-41(33)29-17-10-11-22-35-29)31(25-13-6-5-7-14-25)40(34)28-16-9-8-15-27(28)37-32/h5-11,13-22,31H,3-4,12H2,1-2H3,(H,36,37)/t31-/m1/s1. The maximum atomic E-state index is 5.28. The molecule has 0 unspecified atom stereocenters. The molecule has 0 amide bonds. The van der Waals surface area contributed by atoms with Crippen LogP contribution in [-0.2, 0) is 6.42 Å². The monoisotopic (exact) mass is 537 g/mol. The number of hydrogen-bond donors (Lipinski definition) is 1. The van der Waals surface area contributed by atoms with E-state index in [1.54, 1.807) is 6.20 Å². The van der Waals surface area contributed by atoms with Crippen LogP contribution in [0.2, 0.25) is 0 Å². The van der Waals surface area contributed by atoms with Crippen LogP contribution in [0.5, 0.6) is 0 Å². The summed E-state index contributed by atoms with van der Waals surface area (Å²) in [7, 11) is 0. The van der Waals surface area contributed by atoms with E-state index in [4.69, 9.17) is 15.1 Å². The zero-order chi connectivity index (χ0) is 27.8. The molecule has 0 saturated carbocycles. The molecule has 0 saturated heterocycles. The first-order chi connectivity index (χ1) is 20.2. The van der Waals surface area contributed by atoms with Crippen LogP contribution in [-0.4, -0.2) is 26.4 Å². The smallest absolute Gasteiger partial charge is 0.179 e. The predicted molar refractivity (Wildman–Crippen MR) is 166 cm³/mol. The van der Waals surface area contributed by atoms with Gasteiger partial charge in [0.1, 0.15) is 0 Å². The third-order valence-corrected chi connectivity index (χ3v) is 7.66. The number of amidine groups is 2. The van der Waals surface area contributed by atoms with Crippen molar-refractivity contribution >= 4 is 34.6 Å². The molecule has 7 nitrogen and oxygen atoms in total. The number of benzene rings is 3. The fourth-order valence-electron chi connectivity index (χ4n) is 5.66. The van der Waals surface area contributed by atoms with E-state index >= 15 is 0 Å². The van der Waals surface area contributed by atoms with Gasteiger partial charge in [-0.25, -0.2) is 15.0 Å². The molecule has 0 fully saturated rings. The molecule has 41 heavy (non-hydrogen) atoms. The molecule has 2 aliphatic rings. The van der Waals surface area contributed by atoms with E-state index < -0.39 is 0 Å². The van der Waals surface area contributed by atoms with Gasteiger partial charge in [-0.2, -0.15) is 9.78 Å². The van der Waals surface area contributed by atoms with Crippen molar-refractivity contribution in [3.63, 3.8) is 0 Å². The second kappa shape index (κ2) is 10.5. The number of anilines is 2. The molecular weight excluding hydrogens is 506 g/mol. The van der Waals surface area contributed by atoms with Crippen LogP contribution in [0.3, 0.4) is 0 Å². The number of fused-ring (bicyclic) bond motifs is 4. The number of aryl methyl sites for hydroxylation is 2. The Balaban J connectivity index is 1.41. The van der Waals surface area contributed by atoms with Crippen molar-refractivity contribution in [3.8, 4) is 5.82 Å². The summed E-state index contributed by atoms with van der Waals surface area (Å²) in [6.07, 6.45) is 5.24. The first-order valence-electron chi connectivity index (χ1n) is 14.2. The minimum absolute atomic E-state index is 0.152. The Bertz CT molecular complexity index is 1750. The van der Waals surface area contributed by atoms with E-state index in [9.17, 15) is 0 Å². The lowest BCUT2D eigenvalue weighted by Crippen LogP contribution is -2.46. The zero-order valence-electron chi connectivity index (χ0n) is 23.2. The van der Waals surface area contributed by atoms with Gasteiger partial charge in [-0.3, -0.25) is 0 Å². The Morgan fingerprint density at radius 3 is 2.39 bits per heavy atom. The number of pyridine rings is 1. The van der Waals surface area contributed by atoms with Gasteiger partial charge in [-0.1, -0.05) is 74.0 Å². The van der Waals surface area contributed by atoms with Gasteiger partial charge in [0.2, 0.25) is 0 Å². The summed E-state index contributed by atoms with van der Waals surface area (Å²) in [5, 5.41) is 8.56. The molecule has 0 bridgehead atoms. The van der Waals surface area contributed by atoms with Crippen LogP contribution in [0.4, 0.5) is 22.9 Å². The quantitative estimate of drug-likeness (QED) is 0.241. The summed E-state index contributed by atoms with van der Waals surface area (Å²) < 4.78 is 1.85. The molecule has 3 aromatic carbocycles. The fraction of sp³-hybridized carbons (Fsp3) is 0.176. The molecule has 2 aromatic heterocycles. The van der Waals surface area contributed by atoms with Gasteiger partial charge < -0.3 is 10.2 Å². The number of hydrogen-bond acceptors (Lipinski definition) is 6. The number of nitrogens with one attached hydrogen (secondary N) is 1. The molecule has 1 atom stereocenters. The molecule has 0 radical (unpaired) electrons. The molecule has 0 spiro atoms. The van der Waals surface area contributed by atoms with Crippen LogP contribution in [0.25, 0.3) is 5.82 Å². The lowest BCUT2D eigenvalue weighted by Gasteiger charge is -2.40. The summed E-state index contributed by atoms with van der Waals surface area (Å²) in [5.41, 5.74) is 7.35. The van der Waals surface area contributed by atoms with Crippen molar-refractivity contribution in [2.45, 2.75) is 39.2 Å². The van der Waals surface area contributed by atoms with E-state index in [0.717, 1.165) is 57.8 Å². The molecule has 2 aliphatic heterocycles. The van der Waals surface area contributed by atoms with Crippen molar-refractivity contribution in [1.29, 1.82) is 0 Å². The fourth-order valence-corrected chi connectivity index (χ4v) is 5.66. The van der Waals surface area contributed by atoms with Crippen molar-refractivity contribution in [2.75, 3.05) is 10.2 Å². The van der Waals surface area contributed by atoms with E-state index in [2.05, 4.69) is 102 Å². The summed E-state index contributed by atoms with van der Waals surface area (Å²) >= 11 is 0. The van der Waals surface area contributed by atoms with Gasteiger partial charge in [0.05, 0.1) is 23.1 Å². The van der Waals surface area contributed by atoms with E-state index in [0.29, 0.717) is 5.84 Å². The normalized spacial score (nSPS) is 15.4. The SMILES string of the molecule is CCCCc1ccc(NC2=Nc3ccccc3N3C2=Nc2c(c(C)nn2-c2ccccn2)[C@H]3c2ccccc2)cc1. The molecular formula is C34H31N7. The Labute approximate surface area is 239 Å². The van der Waals surface area contributed by atoms with Crippen molar-refractivity contribution in [3.05, 3.63) is 126 Å². The highest BCUT2D eigenvalue weighted by molar-refractivity contribution is 6.51. The number of aromatic nitrogens is 3. The lowest BCUT2D eigenvalue weighted by molar-refractivity contribution is 0.795. The highest BCUT2D eigenvalue weighted by Crippen LogP contribution is 2.48. The van der Waals surface area contributed by atoms with E-state index in [1.807, 2.05) is 28.9 Å². The molecule has 7 heteroatoms. The number of unbranched alkanes of at least 4 members (excludes halogenated alkanes) is 1. The lowest BCUT2D eigenvalue weighted by atomic mass is 9.93. The van der Waals surface area contributed by atoms with Crippen LogP contribution < -0.4 is 10.2 Å². The second-order valence-corrected chi connectivity index (χ2v) is 10.4. The summed E-state index contributed by atoms with van der Waals surface area (Å²) in [6.45, 7) is 4.28. The topological polar surface area (TPSA) is 70.7 Å². The Morgan fingerprint density at radius 2 is 1.61 bits per heavy atom. The Kier molecular flexibility index (Phi) is 6.39. The van der Waals surface area contributed by atoms with Crippen molar-refractivity contribution < 1.29 is 0 Å². The van der Waals surface area contributed by atoms with Gasteiger partial charge in [-0.15, -0.1) is 0 Å². The largest absolute Gasteiger partial charge is 0.337 e. The van der Waals surface area contributed by atoms with Crippen molar-refractivity contribution in [2.24, 2.45) is 9.98 Å². The average molecular weight is 538 g/mol. The van der Waals surface area contributed by atoms with E-state index in [-0.39, 0.29) is 6.04 Å². The number of rotatable bonds is 6. The zero-order valence-corrected chi connectivity index (χ0v) is 23.2. The Hall–Kier alpha value is -5.04. The first kappa shape index (κ1) is 25.0. The van der Waals surface area contributed by atoms with Gasteiger partial charge in [-0.05, 0) is 67.3 Å². The summed E-state index contributed by atoms with van der Waals surface area (Å²) in [6, 6.07) is 33.2. The average Bonchev–Trinajstić information content (AvgIpc) is 3.36. The third kappa shape index (κ3) is 4.49. The minimum Gasteiger partial charge on any atom is -0.337 e. The predicted octanol–water partition coefficient (Wildman–Crippen LogP) is 7.71. The van der Waals surface area contributed by atoms with Crippen LogP contribution in [0.15, 0.2) is 113 Å². The Morgan fingerprint density at radius 1 is 0.829 bits per heavy atom. The maximum absolute atomic E-state index is 5.28. The van der Waals surface area contributed by atoms with E-state index in [1.165, 1.54) is 18.4 Å². The van der Waals surface area contributed by atoms with Crippen molar-refractivity contribution in [1.82, 2.24) is 14.8 Å². The minimum atomic E-state index is -0.152. The van der Waals surface area contributed by atoms with Gasteiger partial charge >= 0.3 is 0 Å². The highest BCUT2D eigenvalue weighted by Gasteiger charge is 2.41. The second-order valence-electron chi connectivity index (χ2n) is 10.4. The molecule has 1 N–H and O–H groups in total. The molecule has 7 rings (SSSR count). The number of aliphatic imine (C=N–C) groups is 2. The van der Waals surface area contributed by atoms with Gasteiger partial charge in [0, 0.05) is 17.4 Å². The molecule has 202 valence electrons. The highest BCUT2D eigenvalue weighted by atomic mass is 15.4. The van der Waals surface area contributed by atoms with Crippen LogP contribution in [0.1, 0.15) is 48.2 Å². The third-order valence-electron chi connectivity index (χ3n) is 7.66. The first-order valence-corrected chi connectivity index (χ1v) is 14.2. The number of nitrogens with zero attached hydrogens (tertiary/aromatic N) is 6. The summed E-state index contributed by atoms with van der Waals surface area (Å²) in [5.74, 6) is 2.94. The maximum Gasteiger partial charge on any atom is 0.179 e. The molecule has 0 aliphatic carbocycles. The van der Waals surface area contributed by atoms with Gasteiger partial charge in [0.25, 0.3) is 0 Å². The van der Waals surface area contributed by atoms with Crippen LogP contribution in [0, 0.1) is 6.92 Å². The molecule has 4 heterocycles. The van der Waals surface area contributed by atoms with Crippen LogP contribution >= 0.6 is 0 Å².